The predicted molar refractivity (Wildman–Crippen MR) is 133 cm³/mol. The van der Waals surface area contributed by atoms with Crippen LogP contribution in [0.15, 0.2) is 66.7 Å². The molecule has 1 unspecified atom stereocenters. The Balaban J connectivity index is 1.77. The highest BCUT2D eigenvalue weighted by Crippen LogP contribution is 2.32. The zero-order chi connectivity index (χ0) is 23.6. The molecule has 0 aromatic heterocycles. The monoisotopic (exact) mass is 466 g/mol. The van der Waals surface area contributed by atoms with Crippen molar-refractivity contribution in [1.82, 2.24) is 0 Å². The molecule has 0 fully saturated rings. The first-order valence-electron chi connectivity index (χ1n) is 11.4. The van der Waals surface area contributed by atoms with E-state index in [1.807, 2.05) is 49.4 Å². The Morgan fingerprint density at radius 2 is 1.76 bits per heavy atom. The van der Waals surface area contributed by atoms with Crippen LogP contribution in [0.25, 0.3) is 11.1 Å². The third kappa shape index (κ3) is 7.26. The fourth-order valence-corrected chi connectivity index (χ4v) is 3.73. The Morgan fingerprint density at radius 3 is 2.45 bits per heavy atom. The number of aryl methyl sites for hydroxylation is 1. The van der Waals surface area contributed by atoms with Crippen molar-refractivity contribution < 1.29 is 19.0 Å². The summed E-state index contributed by atoms with van der Waals surface area (Å²) in [6.07, 6.45) is 3.01. The van der Waals surface area contributed by atoms with E-state index in [4.69, 9.17) is 25.8 Å². The lowest BCUT2D eigenvalue weighted by molar-refractivity contribution is -0.145. The molecule has 3 aromatic carbocycles. The van der Waals surface area contributed by atoms with Crippen LogP contribution in [0.2, 0.25) is 5.02 Å². The van der Waals surface area contributed by atoms with Gasteiger partial charge in [0.15, 0.2) is 6.61 Å². The number of rotatable bonds is 11. The highest BCUT2D eigenvalue weighted by Gasteiger charge is 2.15. The van der Waals surface area contributed by atoms with Gasteiger partial charge in [0.25, 0.3) is 0 Å². The Labute approximate surface area is 201 Å². The van der Waals surface area contributed by atoms with Gasteiger partial charge in [0.05, 0.1) is 6.61 Å². The predicted octanol–water partition coefficient (Wildman–Crippen LogP) is 7.57. The van der Waals surface area contributed by atoms with Gasteiger partial charge in [0, 0.05) is 5.02 Å². The lowest BCUT2D eigenvalue weighted by Gasteiger charge is -2.21. The molecule has 0 aliphatic heterocycles. The van der Waals surface area contributed by atoms with Crippen LogP contribution in [0.5, 0.6) is 11.5 Å². The quantitative estimate of drug-likeness (QED) is 0.273. The number of hydrogen-bond acceptors (Lipinski definition) is 4. The van der Waals surface area contributed by atoms with Gasteiger partial charge in [0.1, 0.15) is 17.6 Å². The van der Waals surface area contributed by atoms with Crippen LogP contribution in [0.1, 0.15) is 50.3 Å². The van der Waals surface area contributed by atoms with E-state index in [2.05, 4.69) is 31.2 Å². The Kier molecular flexibility index (Phi) is 9.20. The third-order valence-electron chi connectivity index (χ3n) is 5.33. The molecule has 0 radical (unpaired) electrons. The Hall–Kier alpha value is -2.98. The van der Waals surface area contributed by atoms with Crippen molar-refractivity contribution in [3.05, 3.63) is 82.9 Å². The fraction of sp³-hybridized carbons (Fsp3) is 0.321. The van der Waals surface area contributed by atoms with Crippen molar-refractivity contribution >= 4 is 17.6 Å². The van der Waals surface area contributed by atoms with E-state index in [1.54, 1.807) is 6.92 Å². The van der Waals surface area contributed by atoms with Gasteiger partial charge in [-0.25, -0.2) is 4.79 Å². The van der Waals surface area contributed by atoms with E-state index in [9.17, 15) is 4.79 Å². The van der Waals surface area contributed by atoms with Crippen LogP contribution in [-0.4, -0.2) is 19.2 Å². The molecule has 0 aliphatic rings. The largest absolute Gasteiger partial charge is 0.486 e. The smallest absolute Gasteiger partial charge is 0.344 e. The van der Waals surface area contributed by atoms with E-state index >= 15 is 0 Å². The molecule has 174 valence electrons. The van der Waals surface area contributed by atoms with Crippen molar-refractivity contribution in [2.45, 2.75) is 46.1 Å². The van der Waals surface area contributed by atoms with Crippen LogP contribution in [0.4, 0.5) is 0 Å². The van der Waals surface area contributed by atoms with Gasteiger partial charge in [-0.1, -0.05) is 55.3 Å². The first-order chi connectivity index (χ1) is 16.0. The molecule has 3 aromatic rings. The molecule has 3 rings (SSSR count). The minimum Gasteiger partial charge on any atom is -0.486 e. The van der Waals surface area contributed by atoms with Crippen LogP contribution < -0.4 is 9.47 Å². The third-order valence-corrected chi connectivity index (χ3v) is 5.58. The maximum absolute atomic E-state index is 11.6. The maximum atomic E-state index is 11.6. The summed E-state index contributed by atoms with van der Waals surface area (Å²) in [4.78, 5) is 11.6. The van der Waals surface area contributed by atoms with Gasteiger partial charge >= 0.3 is 5.97 Å². The number of unbranched alkanes of at least 4 members (excludes halogenated alkanes) is 1. The number of carbonyl (C=O) groups excluding carboxylic acids is 1. The second-order valence-corrected chi connectivity index (χ2v) is 8.34. The lowest BCUT2D eigenvalue weighted by atomic mass is 9.98. The summed E-state index contributed by atoms with van der Waals surface area (Å²) in [5, 5.41) is 0.726. The van der Waals surface area contributed by atoms with Gasteiger partial charge in [-0.2, -0.15) is 0 Å². The molecule has 0 heterocycles. The maximum Gasteiger partial charge on any atom is 0.344 e. The highest BCUT2D eigenvalue weighted by atomic mass is 35.5. The van der Waals surface area contributed by atoms with Crippen molar-refractivity contribution in [1.29, 1.82) is 0 Å². The molecule has 0 bridgehead atoms. The second kappa shape index (κ2) is 12.3. The molecular weight excluding hydrogens is 436 g/mol. The minimum absolute atomic E-state index is 0.0668. The topological polar surface area (TPSA) is 44.8 Å². The zero-order valence-electron chi connectivity index (χ0n) is 19.5. The molecule has 0 saturated carbocycles. The summed E-state index contributed by atoms with van der Waals surface area (Å²) in [7, 11) is 0. The van der Waals surface area contributed by atoms with Crippen LogP contribution in [-0.2, 0) is 9.53 Å². The molecule has 0 N–H and O–H groups in total. The fourth-order valence-electron chi connectivity index (χ4n) is 3.60. The average Bonchev–Trinajstić information content (AvgIpc) is 2.82. The average molecular weight is 467 g/mol. The minimum atomic E-state index is -0.377. The van der Waals surface area contributed by atoms with E-state index in [1.165, 1.54) is 0 Å². The van der Waals surface area contributed by atoms with E-state index in [-0.39, 0.29) is 18.7 Å². The molecule has 33 heavy (non-hydrogen) atoms. The van der Waals surface area contributed by atoms with Gasteiger partial charge in [-0.15, -0.1) is 0 Å². The van der Waals surface area contributed by atoms with Crippen molar-refractivity contribution in [2.24, 2.45) is 0 Å². The van der Waals surface area contributed by atoms with Crippen molar-refractivity contribution in [3.8, 4) is 22.6 Å². The number of halogens is 1. The summed E-state index contributed by atoms with van der Waals surface area (Å²) >= 11 is 6.05. The van der Waals surface area contributed by atoms with Gasteiger partial charge < -0.3 is 14.2 Å². The van der Waals surface area contributed by atoms with Crippen molar-refractivity contribution in [2.75, 3.05) is 13.2 Å². The molecule has 0 spiro atoms. The van der Waals surface area contributed by atoms with Crippen LogP contribution >= 0.6 is 11.6 Å². The number of hydrogen-bond donors (Lipinski definition) is 0. The summed E-state index contributed by atoms with van der Waals surface area (Å²) < 4.78 is 17.0. The Bertz CT molecular complexity index is 1050. The van der Waals surface area contributed by atoms with Gasteiger partial charge in [-0.05, 0) is 85.3 Å². The van der Waals surface area contributed by atoms with Gasteiger partial charge in [0.2, 0.25) is 0 Å². The normalized spacial score (nSPS) is 11.6. The van der Waals surface area contributed by atoms with Crippen LogP contribution in [0, 0.1) is 6.92 Å². The van der Waals surface area contributed by atoms with Crippen LogP contribution in [0.3, 0.4) is 0 Å². The second-order valence-electron chi connectivity index (χ2n) is 7.90. The van der Waals surface area contributed by atoms with E-state index < -0.39 is 0 Å². The molecule has 0 saturated heterocycles. The van der Waals surface area contributed by atoms with Gasteiger partial charge in [-0.3, -0.25) is 0 Å². The first kappa shape index (κ1) is 24.7. The lowest BCUT2D eigenvalue weighted by Crippen LogP contribution is -2.15. The zero-order valence-corrected chi connectivity index (χ0v) is 20.2. The number of carbonyl (C=O) groups is 1. The summed E-state index contributed by atoms with van der Waals surface area (Å²) in [5.41, 5.74) is 4.29. The standard InChI is InChI=1S/C28H31ClO4/c1-4-6-10-27(23-9-7-8-22(18-23)21-11-13-24(29)14-12-21)33-25-15-16-26(20(3)17-25)32-19-28(30)31-5-2/h7-9,11-18,27H,4-6,10,19H2,1-3H3. The molecular formula is C28H31ClO4. The Morgan fingerprint density at radius 1 is 0.970 bits per heavy atom. The van der Waals surface area contributed by atoms with E-state index in [0.717, 1.165) is 52.3 Å². The summed E-state index contributed by atoms with van der Waals surface area (Å²) in [6, 6.07) is 22.0. The molecule has 4 nitrogen and oxygen atoms in total. The summed E-state index contributed by atoms with van der Waals surface area (Å²) in [5.74, 6) is 1.04. The molecule has 5 heteroatoms. The molecule has 0 amide bonds. The number of benzene rings is 3. The molecule has 1 atom stereocenters. The first-order valence-corrected chi connectivity index (χ1v) is 11.8. The van der Waals surface area contributed by atoms with E-state index in [0.29, 0.717) is 12.4 Å². The number of ether oxygens (including phenoxy) is 3. The SMILES string of the molecule is CCCCC(Oc1ccc(OCC(=O)OCC)c(C)c1)c1cccc(-c2ccc(Cl)cc2)c1. The number of esters is 1. The van der Waals surface area contributed by atoms with Crippen molar-refractivity contribution in [3.63, 3.8) is 0 Å². The highest BCUT2D eigenvalue weighted by molar-refractivity contribution is 6.30. The summed E-state index contributed by atoms with van der Waals surface area (Å²) in [6.45, 7) is 6.13. The molecule has 0 aliphatic carbocycles.